The molecule has 2 aromatic carbocycles. The first-order valence-electron chi connectivity index (χ1n) is 9.75. The number of urea groups is 1. The molecule has 0 radical (unpaired) electrons. The number of carbonyl (C=O) groups excluding carboxylic acids is 3. The summed E-state index contributed by atoms with van der Waals surface area (Å²) in [5.41, 5.74) is 3.03. The highest BCUT2D eigenvalue weighted by molar-refractivity contribution is 6.39. The second-order valence-electron chi connectivity index (χ2n) is 7.46. The lowest BCUT2D eigenvalue weighted by molar-refractivity contribution is -0.122. The molecule has 1 aliphatic rings. The monoisotopic (exact) mass is 429 g/mol. The van der Waals surface area contributed by atoms with Crippen molar-refractivity contribution in [2.75, 3.05) is 4.90 Å². The van der Waals surface area contributed by atoms with Crippen LogP contribution in [0.3, 0.4) is 0 Å². The summed E-state index contributed by atoms with van der Waals surface area (Å²) in [6, 6.07) is 14.1. The van der Waals surface area contributed by atoms with Gasteiger partial charge < -0.3 is 9.67 Å². The van der Waals surface area contributed by atoms with E-state index in [1.54, 1.807) is 47.2 Å². The number of anilines is 1. The van der Waals surface area contributed by atoms with Crippen LogP contribution in [0, 0.1) is 13.8 Å². The van der Waals surface area contributed by atoms with Crippen molar-refractivity contribution in [1.82, 2.24) is 9.88 Å². The summed E-state index contributed by atoms with van der Waals surface area (Å²) in [5, 5.41) is 11.5. The number of imide groups is 2. The van der Waals surface area contributed by atoms with E-state index in [0.717, 1.165) is 16.0 Å². The molecule has 1 fully saturated rings. The third-order valence-electron chi connectivity index (χ3n) is 5.01. The molecule has 160 valence electrons. The van der Waals surface area contributed by atoms with E-state index >= 15 is 0 Å². The predicted octanol–water partition coefficient (Wildman–Crippen LogP) is 3.46. The molecule has 1 aromatic heterocycles. The Morgan fingerprint density at radius 1 is 0.938 bits per heavy atom. The average Bonchev–Trinajstić information content (AvgIpc) is 3.18. The first-order valence-corrected chi connectivity index (χ1v) is 9.75. The highest BCUT2D eigenvalue weighted by Crippen LogP contribution is 2.25. The average molecular weight is 429 g/mol. The normalized spacial score (nSPS) is 15.2. The number of barbiturate groups is 1. The van der Waals surface area contributed by atoms with Gasteiger partial charge in [0.05, 0.1) is 11.3 Å². The Bertz CT molecular complexity index is 1300. The van der Waals surface area contributed by atoms with Gasteiger partial charge in [0.15, 0.2) is 0 Å². The van der Waals surface area contributed by atoms with Crippen molar-refractivity contribution in [3.8, 4) is 5.69 Å². The molecule has 8 heteroatoms. The van der Waals surface area contributed by atoms with Gasteiger partial charge in [0.1, 0.15) is 5.57 Å². The third kappa shape index (κ3) is 3.81. The standard InChI is InChI=1S/C24H19N3O5/c1-14-9-15(2)11-19(10-14)27-22(29)20(21(28)25-24(27)32)13-18-7-4-8-26(18)17-6-3-5-16(12-17)23(30)31/h3-13H,1-2H3,(H,30,31)(H,25,28,32)/b20-13+. The quantitative estimate of drug-likeness (QED) is 0.488. The van der Waals surface area contributed by atoms with Crippen molar-refractivity contribution >= 4 is 35.6 Å². The van der Waals surface area contributed by atoms with Gasteiger partial charge in [-0.3, -0.25) is 14.9 Å². The summed E-state index contributed by atoms with van der Waals surface area (Å²) < 4.78 is 1.65. The maximum absolute atomic E-state index is 13.2. The maximum Gasteiger partial charge on any atom is 0.335 e. The maximum atomic E-state index is 13.2. The molecule has 0 unspecified atom stereocenters. The summed E-state index contributed by atoms with van der Waals surface area (Å²) in [5.74, 6) is -2.60. The van der Waals surface area contributed by atoms with Gasteiger partial charge in [-0.2, -0.15) is 0 Å². The number of hydrogen-bond donors (Lipinski definition) is 2. The fourth-order valence-corrected chi connectivity index (χ4v) is 3.66. The van der Waals surface area contributed by atoms with Crippen LogP contribution in [0.15, 0.2) is 66.4 Å². The first kappa shape index (κ1) is 20.8. The molecule has 0 aliphatic carbocycles. The summed E-state index contributed by atoms with van der Waals surface area (Å²) in [7, 11) is 0. The van der Waals surface area contributed by atoms with Crippen molar-refractivity contribution in [1.29, 1.82) is 0 Å². The van der Waals surface area contributed by atoms with Crippen LogP contribution < -0.4 is 10.2 Å². The Kier molecular flexibility index (Phi) is 5.19. The minimum Gasteiger partial charge on any atom is -0.478 e. The van der Waals surface area contributed by atoms with Gasteiger partial charge in [0.25, 0.3) is 11.8 Å². The number of amides is 4. The van der Waals surface area contributed by atoms with Crippen LogP contribution in [0.4, 0.5) is 10.5 Å². The van der Waals surface area contributed by atoms with E-state index in [1.807, 2.05) is 19.9 Å². The number of carboxylic acid groups (broad SMARTS) is 1. The summed E-state index contributed by atoms with van der Waals surface area (Å²) in [6.07, 6.45) is 3.07. The lowest BCUT2D eigenvalue weighted by Gasteiger charge is -2.27. The molecule has 0 bridgehead atoms. The molecule has 4 rings (SSSR count). The Morgan fingerprint density at radius 3 is 2.34 bits per heavy atom. The van der Waals surface area contributed by atoms with Crippen LogP contribution in [0.2, 0.25) is 0 Å². The number of carboxylic acids is 1. The minimum absolute atomic E-state index is 0.105. The first-order chi connectivity index (χ1) is 15.2. The third-order valence-corrected chi connectivity index (χ3v) is 5.01. The van der Waals surface area contributed by atoms with Crippen LogP contribution in [0.25, 0.3) is 11.8 Å². The van der Waals surface area contributed by atoms with E-state index in [9.17, 15) is 24.3 Å². The smallest absolute Gasteiger partial charge is 0.335 e. The van der Waals surface area contributed by atoms with Crippen molar-refractivity contribution in [3.63, 3.8) is 0 Å². The number of aromatic nitrogens is 1. The largest absolute Gasteiger partial charge is 0.478 e. The molecule has 4 amide bonds. The highest BCUT2D eigenvalue weighted by atomic mass is 16.4. The number of aromatic carboxylic acids is 1. The van der Waals surface area contributed by atoms with Crippen LogP contribution >= 0.6 is 0 Å². The van der Waals surface area contributed by atoms with Crippen LogP contribution in [0.1, 0.15) is 27.2 Å². The number of aryl methyl sites for hydroxylation is 2. The van der Waals surface area contributed by atoms with E-state index in [4.69, 9.17) is 0 Å². The minimum atomic E-state index is -1.07. The molecule has 1 aliphatic heterocycles. The van der Waals surface area contributed by atoms with Gasteiger partial charge in [-0.05, 0) is 73.5 Å². The van der Waals surface area contributed by atoms with Crippen LogP contribution in [-0.2, 0) is 9.59 Å². The molecule has 2 N–H and O–H groups in total. The Hall–Kier alpha value is -4.46. The molecule has 0 saturated carbocycles. The van der Waals surface area contributed by atoms with Crippen molar-refractivity contribution in [2.24, 2.45) is 0 Å². The van der Waals surface area contributed by atoms with Gasteiger partial charge >= 0.3 is 12.0 Å². The van der Waals surface area contributed by atoms with Gasteiger partial charge in [-0.25, -0.2) is 14.5 Å². The van der Waals surface area contributed by atoms with Gasteiger partial charge in [-0.1, -0.05) is 12.1 Å². The SMILES string of the molecule is Cc1cc(C)cc(N2C(=O)NC(=O)/C(=C\c3cccn3-c3cccc(C(=O)O)c3)C2=O)c1. The summed E-state index contributed by atoms with van der Waals surface area (Å²) >= 11 is 0. The van der Waals surface area contributed by atoms with E-state index in [2.05, 4.69) is 5.32 Å². The van der Waals surface area contributed by atoms with Crippen molar-refractivity contribution < 1.29 is 24.3 Å². The van der Waals surface area contributed by atoms with Crippen molar-refractivity contribution in [3.05, 3.63) is 88.8 Å². The predicted molar refractivity (Wildman–Crippen MR) is 118 cm³/mol. The molecule has 2 heterocycles. The van der Waals surface area contributed by atoms with E-state index in [1.165, 1.54) is 18.2 Å². The lowest BCUT2D eigenvalue weighted by Crippen LogP contribution is -2.54. The molecular weight excluding hydrogens is 410 g/mol. The zero-order valence-corrected chi connectivity index (χ0v) is 17.3. The topological polar surface area (TPSA) is 109 Å². The molecule has 0 atom stereocenters. The highest BCUT2D eigenvalue weighted by Gasteiger charge is 2.37. The summed E-state index contributed by atoms with van der Waals surface area (Å²) in [6.45, 7) is 3.70. The number of carbonyl (C=O) groups is 4. The molecule has 0 spiro atoms. The Balaban J connectivity index is 1.76. The lowest BCUT2D eigenvalue weighted by atomic mass is 10.1. The van der Waals surface area contributed by atoms with Crippen LogP contribution in [-0.4, -0.2) is 33.5 Å². The zero-order chi connectivity index (χ0) is 23.0. The zero-order valence-electron chi connectivity index (χ0n) is 17.3. The Labute approximate surface area is 183 Å². The van der Waals surface area contributed by atoms with Gasteiger partial charge in [0, 0.05) is 17.6 Å². The molecule has 32 heavy (non-hydrogen) atoms. The van der Waals surface area contributed by atoms with E-state index < -0.39 is 23.8 Å². The number of benzene rings is 2. The van der Waals surface area contributed by atoms with Crippen molar-refractivity contribution in [2.45, 2.75) is 13.8 Å². The second-order valence-corrected chi connectivity index (χ2v) is 7.46. The van der Waals surface area contributed by atoms with Crippen LogP contribution in [0.5, 0.6) is 0 Å². The van der Waals surface area contributed by atoms with E-state index in [0.29, 0.717) is 17.1 Å². The number of hydrogen-bond acceptors (Lipinski definition) is 4. The Morgan fingerprint density at radius 2 is 1.66 bits per heavy atom. The number of nitrogens with one attached hydrogen (secondary N) is 1. The second kappa shape index (κ2) is 7.99. The molecule has 1 saturated heterocycles. The summed E-state index contributed by atoms with van der Waals surface area (Å²) in [4.78, 5) is 50.4. The molecule has 3 aromatic rings. The van der Waals surface area contributed by atoms with Gasteiger partial charge in [-0.15, -0.1) is 0 Å². The van der Waals surface area contributed by atoms with E-state index in [-0.39, 0.29) is 11.1 Å². The van der Waals surface area contributed by atoms with Gasteiger partial charge in [0.2, 0.25) is 0 Å². The fourth-order valence-electron chi connectivity index (χ4n) is 3.66. The molecule has 8 nitrogen and oxygen atoms in total. The molecular formula is C24H19N3O5. The number of nitrogens with zero attached hydrogens (tertiary/aromatic N) is 2. The fraction of sp³-hybridized carbons (Fsp3) is 0.0833. The number of rotatable bonds is 4.